The summed E-state index contributed by atoms with van der Waals surface area (Å²) in [6.45, 7) is 15.2. The summed E-state index contributed by atoms with van der Waals surface area (Å²) in [4.78, 5) is 44.4. The maximum absolute atomic E-state index is 13.8. The Hall–Kier alpha value is -4.00. The second-order valence-electron chi connectivity index (χ2n) is 13.7. The van der Waals surface area contributed by atoms with E-state index in [1.807, 2.05) is 78.8 Å². The standard InChI is InChI=1S/C37H49N3O4/c1-25-15-12-18-28(32(25)27-16-10-9-11-17-27)19-13-20-29(23-31(41)44-37(6,7)8)34(42)40-33(36(3,4)5)35(43)39-26(2)30-21-14-22-38-24-30/h9-12,14-18,21-22,24,26,29,33H,13,19-20,23H2,1-8H3,(H,39,43)(H,40,42)/t26-,29-,33-/m1/s1. The van der Waals surface area contributed by atoms with Gasteiger partial charge in [0.25, 0.3) is 0 Å². The lowest BCUT2D eigenvalue weighted by molar-refractivity contribution is -0.157. The molecule has 3 aromatic rings. The van der Waals surface area contributed by atoms with E-state index in [0.29, 0.717) is 12.8 Å². The van der Waals surface area contributed by atoms with Crippen LogP contribution in [-0.2, 0) is 25.5 Å². The number of carbonyl (C=O) groups is 3. The molecule has 7 heteroatoms. The Balaban J connectivity index is 1.78. The van der Waals surface area contributed by atoms with Gasteiger partial charge in [-0.25, -0.2) is 0 Å². The summed E-state index contributed by atoms with van der Waals surface area (Å²) in [6, 6.07) is 19.2. The molecule has 0 bridgehead atoms. The number of aromatic nitrogens is 1. The molecule has 3 rings (SSSR count). The fraction of sp³-hybridized carbons (Fsp3) is 0.459. The van der Waals surface area contributed by atoms with E-state index in [1.165, 1.54) is 16.7 Å². The molecule has 0 fully saturated rings. The van der Waals surface area contributed by atoms with E-state index < -0.39 is 28.9 Å². The number of hydrogen-bond donors (Lipinski definition) is 2. The number of esters is 1. The Morgan fingerprint density at radius 3 is 2.18 bits per heavy atom. The molecule has 236 valence electrons. The van der Waals surface area contributed by atoms with Crippen molar-refractivity contribution in [1.82, 2.24) is 15.6 Å². The summed E-state index contributed by atoms with van der Waals surface area (Å²) in [7, 11) is 0. The molecular formula is C37H49N3O4. The minimum atomic E-state index is -0.809. The number of pyridine rings is 1. The summed E-state index contributed by atoms with van der Waals surface area (Å²) in [6.07, 6.45) is 5.24. The second kappa shape index (κ2) is 15.1. The molecule has 0 aliphatic rings. The van der Waals surface area contributed by atoms with Gasteiger partial charge in [0.15, 0.2) is 0 Å². The third-order valence-corrected chi connectivity index (χ3v) is 7.58. The van der Waals surface area contributed by atoms with Gasteiger partial charge in [0.05, 0.1) is 12.5 Å². The molecule has 7 nitrogen and oxygen atoms in total. The molecule has 3 atom stereocenters. The van der Waals surface area contributed by atoms with E-state index in [0.717, 1.165) is 17.5 Å². The highest BCUT2D eigenvalue weighted by atomic mass is 16.6. The van der Waals surface area contributed by atoms with E-state index in [4.69, 9.17) is 4.74 Å². The van der Waals surface area contributed by atoms with Crippen molar-refractivity contribution in [3.05, 3.63) is 89.7 Å². The number of benzene rings is 2. The van der Waals surface area contributed by atoms with Crippen molar-refractivity contribution in [2.45, 2.75) is 98.8 Å². The van der Waals surface area contributed by atoms with Crippen LogP contribution in [0.2, 0.25) is 0 Å². The van der Waals surface area contributed by atoms with Crippen molar-refractivity contribution in [1.29, 1.82) is 0 Å². The Labute approximate surface area is 263 Å². The van der Waals surface area contributed by atoms with E-state index in [-0.39, 0.29) is 24.3 Å². The number of rotatable bonds is 12. The van der Waals surface area contributed by atoms with Gasteiger partial charge < -0.3 is 15.4 Å². The zero-order valence-electron chi connectivity index (χ0n) is 27.6. The molecule has 2 N–H and O–H groups in total. The highest BCUT2D eigenvalue weighted by Gasteiger charge is 2.36. The Bertz CT molecular complexity index is 1390. The van der Waals surface area contributed by atoms with E-state index in [9.17, 15) is 14.4 Å². The predicted molar refractivity (Wildman–Crippen MR) is 176 cm³/mol. The Kier molecular flexibility index (Phi) is 11.9. The highest BCUT2D eigenvalue weighted by molar-refractivity contribution is 5.90. The molecule has 44 heavy (non-hydrogen) atoms. The molecule has 0 aliphatic carbocycles. The van der Waals surface area contributed by atoms with Crippen molar-refractivity contribution in [3.8, 4) is 11.1 Å². The molecule has 0 spiro atoms. The lowest BCUT2D eigenvalue weighted by Gasteiger charge is -2.33. The van der Waals surface area contributed by atoms with Crippen LogP contribution >= 0.6 is 0 Å². The third kappa shape index (κ3) is 10.3. The first-order chi connectivity index (χ1) is 20.7. The van der Waals surface area contributed by atoms with Gasteiger partial charge in [-0.15, -0.1) is 0 Å². The van der Waals surface area contributed by atoms with Crippen molar-refractivity contribution in [2.75, 3.05) is 0 Å². The largest absolute Gasteiger partial charge is 0.460 e. The van der Waals surface area contributed by atoms with Gasteiger partial charge in [-0.3, -0.25) is 19.4 Å². The van der Waals surface area contributed by atoms with Crippen LogP contribution in [0.4, 0.5) is 0 Å². The third-order valence-electron chi connectivity index (χ3n) is 7.58. The van der Waals surface area contributed by atoms with Crippen LogP contribution in [0.25, 0.3) is 11.1 Å². The van der Waals surface area contributed by atoms with Gasteiger partial charge in [-0.05, 0) is 93.2 Å². The number of nitrogens with zero attached hydrogens (tertiary/aromatic N) is 1. The fourth-order valence-electron chi connectivity index (χ4n) is 5.35. The first-order valence-electron chi connectivity index (χ1n) is 15.5. The predicted octanol–water partition coefficient (Wildman–Crippen LogP) is 7.14. The Morgan fingerprint density at radius 1 is 0.864 bits per heavy atom. The van der Waals surface area contributed by atoms with Gasteiger partial charge in [-0.1, -0.05) is 75.4 Å². The maximum Gasteiger partial charge on any atom is 0.307 e. The van der Waals surface area contributed by atoms with Gasteiger partial charge in [0.1, 0.15) is 11.6 Å². The SMILES string of the molecule is Cc1cccc(CCC[C@H](CC(=O)OC(C)(C)C)C(=O)N[C@H](C(=O)N[C@H](C)c2cccnc2)C(C)(C)C)c1-c1ccccc1. The van der Waals surface area contributed by atoms with Crippen molar-refractivity contribution >= 4 is 17.8 Å². The number of nitrogens with one attached hydrogen (secondary N) is 2. The zero-order chi connectivity index (χ0) is 32.5. The monoisotopic (exact) mass is 599 g/mol. The van der Waals surface area contributed by atoms with Crippen molar-refractivity contribution < 1.29 is 19.1 Å². The molecule has 0 radical (unpaired) electrons. The molecule has 1 aromatic heterocycles. The van der Waals surface area contributed by atoms with Crippen molar-refractivity contribution in [2.24, 2.45) is 11.3 Å². The lowest BCUT2D eigenvalue weighted by atomic mass is 9.85. The van der Waals surface area contributed by atoms with Crippen LogP contribution in [-0.4, -0.2) is 34.4 Å². The average Bonchev–Trinajstić information content (AvgIpc) is 2.94. The van der Waals surface area contributed by atoms with Gasteiger partial charge in [0, 0.05) is 18.3 Å². The number of amides is 2. The number of carbonyl (C=O) groups excluding carboxylic acids is 3. The number of ether oxygens (including phenoxy) is 1. The first-order valence-corrected chi connectivity index (χ1v) is 15.5. The summed E-state index contributed by atoms with van der Waals surface area (Å²) >= 11 is 0. The van der Waals surface area contributed by atoms with E-state index in [2.05, 4.69) is 52.9 Å². The van der Waals surface area contributed by atoms with Crippen LogP contribution in [0.3, 0.4) is 0 Å². The summed E-state index contributed by atoms with van der Waals surface area (Å²) < 4.78 is 5.59. The van der Waals surface area contributed by atoms with Crippen LogP contribution in [0.15, 0.2) is 73.1 Å². The molecule has 2 amide bonds. The molecule has 1 heterocycles. The topological polar surface area (TPSA) is 97.4 Å². The quantitative estimate of drug-likeness (QED) is 0.216. The Morgan fingerprint density at radius 2 is 1.57 bits per heavy atom. The minimum Gasteiger partial charge on any atom is -0.460 e. The second-order valence-corrected chi connectivity index (χ2v) is 13.7. The summed E-state index contributed by atoms with van der Waals surface area (Å²) in [5.41, 5.74) is 4.38. The molecule has 0 unspecified atom stereocenters. The van der Waals surface area contributed by atoms with E-state index in [1.54, 1.807) is 12.4 Å². The summed E-state index contributed by atoms with van der Waals surface area (Å²) in [5, 5.41) is 6.03. The molecule has 0 saturated carbocycles. The molecule has 0 aliphatic heterocycles. The summed E-state index contributed by atoms with van der Waals surface area (Å²) in [5.74, 6) is -1.69. The van der Waals surface area contributed by atoms with Crippen LogP contribution in [0.1, 0.15) is 90.5 Å². The molecule has 2 aromatic carbocycles. The maximum atomic E-state index is 13.8. The van der Waals surface area contributed by atoms with Gasteiger partial charge in [-0.2, -0.15) is 0 Å². The lowest BCUT2D eigenvalue weighted by Crippen LogP contribution is -2.55. The first kappa shape index (κ1) is 34.5. The van der Waals surface area contributed by atoms with Crippen molar-refractivity contribution in [3.63, 3.8) is 0 Å². The average molecular weight is 600 g/mol. The smallest absolute Gasteiger partial charge is 0.307 e. The number of hydrogen-bond acceptors (Lipinski definition) is 5. The zero-order valence-corrected chi connectivity index (χ0v) is 27.6. The highest BCUT2D eigenvalue weighted by Crippen LogP contribution is 2.30. The van der Waals surface area contributed by atoms with Crippen LogP contribution in [0.5, 0.6) is 0 Å². The van der Waals surface area contributed by atoms with Crippen LogP contribution in [0, 0.1) is 18.3 Å². The van der Waals surface area contributed by atoms with Crippen LogP contribution < -0.4 is 10.6 Å². The fourth-order valence-corrected chi connectivity index (χ4v) is 5.35. The van der Waals surface area contributed by atoms with E-state index >= 15 is 0 Å². The minimum absolute atomic E-state index is 0.0625. The van der Waals surface area contributed by atoms with Gasteiger partial charge >= 0.3 is 5.97 Å². The number of aryl methyl sites for hydroxylation is 2. The normalized spacial score (nSPS) is 13.8. The molecular weight excluding hydrogens is 550 g/mol. The van der Waals surface area contributed by atoms with Gasteiger partial charge in [0.2, 0.25) is 11.8 Å². The molecule has 0 saturated heterocycles.